The zero-order valence-electron chi connectivity index (χ0n) is 15.0. The summed E-state index contributed by atoms with van der Waals surface area (Å²) >= 11 is -0.537. The molecule has 3 heteroatoms. The first-order valence-corrected chi connectivity index (χ1v) is 11.2. The average Bonchev–Trinajstić information content (AvgIpc) is 3.09. The van der Waals surface area contributed by atoms with Gasteiger partial charge in [-0.1, -0.05) is 0 Å². The third-order valence-electron chi connectivity index (χ3n) is 4.74. The first-order valence-electron chi connectivity index (χ1n) is 8.73. The van der Waals surface area contributed by atoms with Crippen LogP contribution in [0.25, 0.3) is 0 Å². The van der Waals surface area contributed by atoms with E-state index in [1.165, 1.54) is 38.5 Å². The number of halogens is 2. The van der Waals surface area contributed by atoms with Crippen LogP contribution in [0.4, 0.5) is 0 Å². The van der Waals surface area contributed by atoms with Crippen molar-refractivity contribution in [1.82, 2.24) is 0 Å². The van der Waals surface area contributed by atoms with E-state index in [1.807, 2.05) is 6.56 Å². The van der Waals surface area contributed by atoms with Gasteiger partial charge in [0.05, 0.1) is 0 Å². The molecule has 0 N–H and O–H groups in total. The fourth-order valence-corrected chi connectivity index (χ4v) is 7.88. The molecule has 0 amide bonds. The zero-order valence-corrected chi connectivity index (χ0v) is 20.9. The van der Waals surface area contributed by atoms with Crippen LogP contribution in [0, 0.1) is 11.8 Å². The molecular weight excluding hydrogens is 491 g/mol. The molecule has 0 fully saturated rings. The van der Waals surface area contributed by atoms with Gasteiger partial charge >= 0.3 is 143 Å². The van der Waals surface area contributed by atoms with Crippen LogP contribution in [-0.2, 0) is 23.2 Å². The maximum atomic E-state index is 2.44. The Bertz CT molecular complexity index is 442. The third-order valence-corrected chi connectivity index (χ3v) is 8.65. The second kappa shape index (κ2) is 12.2. The van der Waals surface area contributed by atoms with Crippen LogP contribution < -0.4 is 0 Å². The standard InChI is InChI=1S/2C10H15.2BrH.Zr/c2*1-3-6-9(2)10-7-4-5-8-10;;;/h2*4,7,9H,3,5-6H2,1-2H3;2*1H;. The van der Waals surface area contributed by atoms with Crippen molar-refractivity contribution in [1.29, 1.82) is 0 Å². The molecule has 2 atom stereocenters. The van der Waals surface area contributed by atoms with Gasteiger partial charge in [0.15, 0.2) is 0 Å². The van der Waals surface area contributed by atoms with Crippen molar-refractivity contribution in [3.05, 3.63) is 42.0 Å². The molecule has 0 saturated carbocycles. The number of rotatable bonds is 8. The molecule has 0 nitrogen and oxygen atoms in total. The monoisotopic (exact) mass is 520 g/mol. The Labute approximate surface area is 176 Å². The zero-order chi connectivity index (χ0) is 15.2. The molecule has 0 spiro atoms. The van der Waals surface area contributed by atoms with Crippen molar-refractivity contribution in [3.8, 4) is 0 Å². The Balaban J connectivity index is 0.00000242. The fraction of sp³-hybridized carbons (Fsp3) is 0.600. The summed E-state index contributed by atoms with van der Waals surface area (Å²) in [5.41, 5.74) is 3.43. The molecule has 0 bridgehead atoms. The molecule has 2 rings (SSSR count). The predicted molar refractivity (Wildman–Crippen MR) is 110 cm³/mol. The molecule has 2 aliphatic rings. The number of hydrogen-bond acceptors (Lipinski definition) is 0. The van der Waals surface area contributed by atoms with Crippen LogP contribution in [-0.4, -0.2) is 0 Å². The summed E-state index contributed by atoms with van der Waals surface area (Å²) in [6, 6.07) is 0. The van der Waals surface area contributed by atoms with Crippen molar-refractivity contribution < 1.29 is 23.2 Å². The summed E-state index contributed by atoms with van der Waals surface area (Å²) in [7, 11) is 0. The molecular formula is C20H32Br2Zr. The SMILES string of the molecule is Br.Br.CCCC(C)C1=[C]([Zr][C]2=C(C(C)CCC)C=CC2)CC=C1. The molecule has 23 heavy (non-hydrogen) atoms. The van der Waals surface area contributed by atoms with E-state index in [9.17, 15) is 0 Å². The second-order valence-electron chi connectivity index (χ2n) is 6.59. The Morgan fingerprint density at radius 3 is 1.57 bits per heavy atom. The van der Waals surface area contributed by atoms with Gasteiger partial charge in [-0.15, -0.1) is 34.0 Å². The normalized spacial score (nSPS) is 18.8. The average molecular weight is 524 g/mol. The van der Waals surface area contributed by atoms with E-state index in [1.54, 1.807) is 11.1 Å². The Morgan fingerprint density at radius 2 is 1.22 bits per heavy atom. The summed E-state index contributed by atoms with van der Waals surface area (Å²) in [5, 5.41) is 0. The van der Waals surface area contributed by atoms with Crippen LogP contribution in [0.2, 0.25) is 0 Å². The van der Waals surface area contributed by atoms with E-state index >= 15 is 0 Å². The molecule has 2 aliphatic carbocycles. The van der Waals surface area contributed by atoms with Crippen molar-refractivity contribution in [2.24, 2.45) is 11.8 Å². The molecule has 0 aliphatic heterocycles. The topological polar surface area (TPSA) is 0 Å². The van der Waals surface area contributed by atoms with Gasteiger partial charge in [0.25, 0.3) is 0 Å². The molecule has 2 unspecified atom stereocenters. The van der Waals surface area contributed by atoms with Gasteiger partial charge in [0.2, 0.25) is 0 Å². The summed E-state index contributed by atoms with van der Waals surface area (Å²) in [6.45, 7) is 9.47. The van der Waals surface area contributed by atoms with Gasteiger partial charge < -0.3 is 0 Å². The second-order valence-corrected chi connectivity index (χ2v) is 10.2. The van der Waals surface area contributed by atoms with Crippen LogP contribution in [0.3, 0.4) is 0 Å². The molecule has 0 heterocycles. The predicted octanol–water partition coefficient (Wildman–Crippen LogP) is 7.53. The van der Waals surface area contributed by atoms with Crippen LogP contribution in [0.5, 0.6) is 0 Å². The minimum absolute atomic E-state index is 0. The van der Waals surface area contributed by atoms with Crippen LogP contribution in [0.15, 0.2) is 42.0 Å². The van der Waals surface area contributed by atoms with Gasteiger partial charge in [0.1, 0.15) is 0 Å². The Hall–Kier alpha value is 0.803. The maximum absolute atomic E-state index is 2.44. The summed E-state index contributed by atoms with van der Waals surface area (Å²) in [4.78, 5) is 0. The summed E-state index contributed by atoms with van der Waals surface area (Å²) in [5.74, 6) is 1.55. The molecule has 0 aromatic heterocycles. The van der Waals surface area contributed by atoms with Crippen molar-refractivity contribution in [2.45, 2.75) is 66.2 Å². The van der Waals surface area contributed by atoms with Gasteiger partial charge in [-0.3, -0.25) is 0 Å². The van der Waals surface area contributed by atoms with E-state index in [0.717, 1.165) is 11.8 Å². The molecule has 130 valence electrons. The van der Waals surface area contributed by atoms with E-state index < -0.39 is 23.2 Å². The van der Waals surface area contributed by atoms with Crippen LogP contribution >= 0.6 is 34.0 Å². The van der Waals surface area contributed by atoms with Gasteiger partial charge in [-0.25, -0.2) is 0 Å². The number of allylic oxidation sites excluding steroid dienone is 8. The van der Waals surface area contributed by atoms with Gasteiger partial charge in [-0.05, 0) is 0 Å². The van der Waals surface area contributed by atoms with Gasteiger partial charge in [-0.2, -0.15) is 0 Å². The van der Waals surface area contributed by atoms with Crippen LogP contribution in [0.1, 0.15) is 66.2 Å². The Morgan fingerprint density at radius 1 is 0.826 bits per heavy atom. The van der Waals surface area contributed by atoms with E-state index in [4.69, 9.17) is 0 Å². The first kappa shape index (κ1) is 23.8. The molecule has 0 radical (unpaired) electrons. The fourth-order valence-electron chi connectivity index (χ4n) is 3.57. The summed E-state index contributed by atoms with van der Waals surface area (Å²) in [6.07, 6.45) is 17.5. The third kappa shape index (κ3) is 6.55. The van der Waals surface area contributed by atoms with E-state index in [0.29, 0.717) is 0 Å². The number of hydrogen-bond donors (Lipinski definition) is 0. The minimum atomic E-state index is -0.537. The molecule has 0 aromatic rings. The van der Waals surface area contributed by atoms with E-state index in [2.05, 4.69) is 52.0 Å². The quantitative estimate of drug-likeness (QED) is 0.309. The summed E-state index contributed by atoms with van der Waals surface area (Å²) < 4.78 is 3.72. The van der Waals surface area contributed by atoms with E-state index in [-0.39, 0.29) is 34.0 Å². The molecule has 0 aromatic carbocycles. The first-order chi connectivity index (χ1) is 10.2. The molecule has 0 saturated heterocycles. The Kier molecular flexibility index (Phi) is 12.6. The van der Waals surface area contributed by atoms with Crippen molar-refractivity contribution >= 4 is 34.0 Å². The van der Waals surface area contributed by atoms with Gasteiger partial charge in [0, 0.05) is 0 Å². The van der Waals surface area contributed by atoms with Crippen molar-refractivity contribution in [3.63, 3.8) is 0 Å². The van der Waals surface area contributed by atoms with Crippen molar-refractivity contribution in [2.75, 3.05) is 0 Å².